The first-order valence-electron chi connectivity index (χ1n) is 11.4. The number of amides is 2. The van der Waals surface area contributed by atoms with E-state index in [4.69, 9.17) is 9.84 Å². The third-order valence-corrected chi connectivity index (χ3v) is 5.82. The third-order valence-electron chi connectivity index (χ3n) is 5.82. The van der Waals surface area contributed by atoms with E-state index in [1.807, 2.05) is 38.1 Å². The van der Waals surface area contributed by atoms with E-state index in [1.165, 1.54) is 0 Å². The Balaban J connectivity index is 1.56. The standard InChI is InChI=1S/C26H23N7O3/c1-15-8-19(9-16(2)30-15)23-24(18-5-3-4-17(10-18)11-27)32-33-7-6-21(31-25(23)33)26(35)29-13-20-12-28-22(34)14-36-20/h3-10,20H,12-14H2,1-2H3,(H,28,34)(H,29,35). The number of pyridine rings is 1. The Morgan fingerprint density at radius 1 is 1.19 bits per heavy atom. The van der Waals surface area contributed by atoms with Crippen molar-refractivity contribution < 1.29 is 14.3 Å². The molecule has 5 rings (SSSR count). The molecule has 0 radical (unpaired) electrons. The number of nitrogens with one attached hydrogen (secondary N) is 2. The van der Waals surface area contributed by atoms with Gasteiger partial charge in [-0.3, -0.25) is 14.6 Å². The summed E-state index contributed by atoms with van der Waals surface area (Å²) < 4.78 is 7.06. The van der Waals surface area contributed by atoms with Crippen molar-refractivity contribution in [3.05, 3.63) is 71.3 Å². The van der Waals surface area contributed by atoms with Gasteiger partial charge >= 0.3 is 0 Å². The number of benzene rings is 1. The fourth-order valence-corrected chi connectivity index (χ4v) is 4.20. The molecule has 2 N–H and O–H groups in total. The molecule has 4 heterocycles. The van der Waals surface area contributed by atoms with Gasteiger partial charge in [-0.05, 0) is 49.7 Å². The molecule has 4 aromatic rings. The Labute approximate surface area is 206 Å². The monoisotopic (exact) mass is 481 g/mol. The average molecular weight is 482 g/mol. The number of rotatable bonds is 5. The fourth-order valence-electron chi connectivity index (χ4n) is 4.20. The van der Waals surface area contributed by atoms with E-state index in [-0.39, 0.29) is 36.8 Å². The molecule has 1 fully saturated rings. The number of ether oxygens (including phenoxy) is 1. The van der Waals surface area contributed by atoms with Crippen molar-refractivity contribution in [1.29, 1.82) is 5.26 Å². The van der Waals surface area contributed by atoms with Crippen LogP contribution in [0.1, 0.15) is 27.4 Å². The second kappa shape index (κ2) is 9.56. The van der Waals surface area contributed by atoms with Gasteiger partial charge in [-0.25, -0.2) is 9.50 Å². The molecule has 180 valence electrons. The maximum absolute atomic E-state index is 12.9. The predicted molar refractivity (Wildman–Crippen MR) is 131 cm³/mol. The first-order valence-corrected chi connectivity index (χ1v) is 11.4. The number of carbonyl (C=O) groups excluding carboxylic acids is 2. The molecule has 3 aromatic heterocycles. The van der Waals surface area contributed by atoms with Gasteiger partial charge in [0.1, 0.15) is 18.0 Å². The van der Waals surface area contributed by atoms with Crippen molar-refractivity contribution in [3.8, 4) is 28.5 Å². The SMILES string of the molecule is Cc1cc(-c2c(-c3cccc(C#N)c3)nn3ccc(C(=O)NCC4CNC(=O)CO4)nc23)cc(C)n1. The lowest BCUT2D eigenvalue weighted by molar-refractivity contribution is -0.132. The molecule has 0 aliphatic carbocycles. The minimum atomic E-state index is -0.361. The van der Waals surface area contributed by atoms with E-state index in [9.17, 15) is 14.9 Å². The number of morpholine rings is 1. The Morgan fingerprint density at radius 2 is 2.00 bits per heavy atom. The normalized spacial score (nSPS) is 15.4. The van der Waals surface area contributed by atoms with Gasteiger partial charge in [-0.15, -0.1) is 0 Å². The second-order valence-corrected chi connectivity index (χ2v) is 8.58. The summed E-state index contributed by atoms with van der Waals surface area (Å²) in [7, 11) is 0. The van der Waals surface area contributed by atoms with E-state index >= 15 is 0 Å². The summed E-state index contributed by atoms with van der Waals surface area (Å²) in [6, 6.07) is 14.9. The summed E-state index contributed by atoms with van der Waals surface area (Å²) in [5.41, 5.74) is 5.96. The van der Waals surface area contributed by atoms with Gasteiger partial charge in [0, 0.05) is 36.2 Å². The summed E-state index contributed by atoms with van der Waals surface area (Å²) in [5, 5.41) is 19.7. The molecule has 2 amide bonds. The van der Waals surface area contributed by atoms with Gasteiger partial charge < -0.3 is 15.4 Å². The maximum atomic E-state index is 12.9. The molecule has 0 spiro atoms. The molecular weight excluding hydrogens is 458 g/mol. The van der Waals surface area contributed by atoms with Crippen LogP contribution in [0.15, 0.2) is 48.7 Å². The lowest BCUT2D eigenvalue weighted by Crippen LogP contribution is -2.48. The zero-order valence-electron chi connectivity index (χ0n) is 19.8. The molecule has 1 saturated heterocycles. The van der Waals surface area contributed by atoms with Crippen molar-refractivity contribution in [2.24, 2.45) is 0 Å². The molecule has 36 heavy (non-hydrogen) atoms. The van der Waals surface area contributed by atoms with Crippen LogP contribution in [0.5, 0.6) is 0 Å². The van der Waals surface area contributed by atoms with E-state index < -0.39 is 0 Å². The van der Waals surface area contributed by atoms with Crippen molar-refractivity contribution in [2.75, 3.05) is 19.7 Å². The summed E-state index contributed by atoms with van der Waals surface area (Å²) in [6.45, 7) is 4.39. The Hall–Kier alpha value is -4.62. The molecular formula is C26H23N7O3. The Kier molecular flexibility index (Phi) is 6.14. The van der Waals surface area contributed by atoms with Gasteiger partial charge in [0.25, 0.3) is 5.91 Å². The van der Waals surface area contributed by atoms with Gasteiger partial charge in [0.05, 0.1) is 23.3 Å². The van der Waals surface area contributed by atoms with Crippen LogP contribution in [-0.2, 0) is 9.53 Å². The van der Waals surface area contributed by atoms with Crippen LogP contribution in [0, 0.1) is 25.2 Å². The Morgan fingerprint density at radius 3 is 2.72 bits per heavy atom. The quantitative estimate of drug-likeness (QED) is 0.446. The highest BCUT2D eigenvalue weighted by atomic mass is 16.5. The van der Waals surface area contributed by atoms with Crippen LogP contribution in [0.2, 0.25) is 0 Å². The van der Waals surface area contributed by atoms with Crippen LogP contribution >= 0.6 is 0 Å². The van der Waals surface area contributed by atoms with Crippen LogP contribution in [0.4, 0.5) is 0 Å². The number of aryl methyl sites for hydroxylation is 2. The molecule has 1 aliphatic heterocycles. The number of nitrogens with zero attached hydrogens (tertiary/aromatic N) is 5. The van der Waals surface area contributed by atoms with Gasteiger partial charge in [0.2, 0.25) is 5.91 Å². The largest absolute Gasteiger partial charge is 0.365 e. The van der Waals surface area contributed by atoms with Gasteiger partial charge in [-0.2, -0.15) is 10.4 Å². The maximum Gasteiger partial charge on any atom is 0.270 e. The van der Waals surface area contributed by atoms with Crippen LogP contribution in [0.3, 0.4) is 0 Å². The highest BCUT2D eigenvalue weighted by Crippen LogP contribution is 2.35. The smallest absolute Gasteiger partial charge is 0.270 e. The first kappa shape index (κ1) is 23.1. The molecule has 0 bridgehead atoms. The lowest BCUT2D eigenvalue weighted by Gasteiger charge is -2.23. The number of nitriles is 1. The Bertz CT molecular complexity index is 1510. The topological polar surface area (TPSA) is 134 Å². The van der Waals surface area contributed by atoms with Crippen molar-refractivity contribution in [2.45, 2.75) is 20.0 Å². The summed E-state index contributed by atoms with van der Waals surface area (Å²) in [4.78, 5) is 33.3. The number of fused-ring (bicyclic) bond motifs is 1. The predicted octanol–water partition coefficient (Wildman–Crippen LogP) is 2.19. The minimum Gasteiger partial charge on any atom is -0.365 e. The molecule has 0 saturated carbocycles. The average Bonchev–Trinajstić information content (AvgIpc) is 3.26. The molecule has 1 atom stereocenters. The summed E-state index contributed by atoms with van der Waals surface area (Å²) >= 11 is 0. The molecule has 10 nitrogen and oxygen atoms in total. The highest BCUT2D eigenvalue weighted by Gasteiger charge is 2.22. The highest BCUT2D eigenvalue weighted by molar-refractivity contribution is 5.95. The van der Waals surface area contributed by atoms with E-state index in [0.29, 0.717) is 23.4 Å². The van der Waals surface area contributed by atoms with Crippen molar-refractivity contribution in [3.63, 3.8) is 0 Å². The fraction of sp³-hybridized carbons (Fsp3) is 0.231. The number of carbonyl (C=O) groups is 2. The number of hydrogen-bond donors (Lipinski definition) is 2. The molecule has 1 aromatic carbocycles. The van der Waals surface area contributed by atoms with Gasteiger partial charge in [-0.1, -0.05) is 12.1 Å². The summed E-state index contributed by atoms with van der Waals surface area (Å²) in [6.07, 6.45) is 1.39. The van der Waals surface area contributed by atoms with Crippen LogP contribution < -0.4 is 10.6 Å². The summed E-state index contributed by atoms with van der Waals surface area (Å²) in [5.74, 6) is -0.532. The minimum absolute atomic E-state index is 0.0233. The first-order chi connectivity index (χ1) is 17.4. The molecule has 10 heteroatoms. The van der Waals surface area contributed by atoms with E-state index in [0.717, 1.165) is 28.1 Å². The zero-order valence-corrected chi connectivity index (χ0v) is 19.8. The third kappa shape index (κ3) is 4.64. The second-order valence-electron chi connectivity index (χ2n) is 8.58. The van der Waals surface area contributed by atoms with Crippen molar-refractivity contribution >= 4 is 17.5 Å². The van der Waals surface area contributed by atoms with Crippen molar-refractivity contribution in [1.82, 2.24) is 30.2 Å². The number of aromatic nitrogens is 4. The molecule has 1 unspecified atom stereocenters. The van der Waals surface area contributed by atoms with Crippen LogP contribution in [0.25, 0.3) is 28.0 Å². The molecule has 1 aliphatic rings. The van der Waals surface area contributed by atoms with Crippen LogP contribution in [-0.4, -0.2) is 57.2 Å². The zero-order chi connectivity index (χ0) is 25.2. The van der Waals surface area contributed by atoms with E-state index in [1.54, 1.807) is 28.9 Å². The number of hydrogen-bond acceptors (Lipinski definition) is 7. The lowest BCUT2D eigenvalue weighted by atomic mass is 9.99. The van der Waals surface area contributed by atoms with E-state index in [2.05, 4.69) is 26.7 Å². The van der Waals surface area contributed by atoms with Gasteiger partial charge in [0.15, 0.2) is 5.65 Å².